The second-order valence-electron chi connectivity index (χ2n) is 6.00. The normalized spacial score (nSPS) is 14.8. The largest absolute Gasteiger partial charge is 0.496 e. The van der Waals surface area contributed by atoms with Gasteiger partial charge in [-0.3, -0.25) is 9.59 Å². The van der Waals surface area contributed by atoms with Crippen LogP contribution in [0.4, 0.5) is 0 Å². The van der Waals surface area contributed by atoms with E-state index in [-0.39, 0.29) is 18.4 Å². The van der Waals surface area contributed by atoms with Crippen LogP contribution in [0.15, 0.2) is 12.1 Å². The van der Waals surface area contributed by atoms with Crippen molar-refractivity contribution in [2.45, 2.75) is 20.4 Å². The number of methoxy groups -OCH3 is 1. The fraction of sp³-hybridized carbons (Fsp3) is 0.529. The van der Waals surface area contributed by atoms with Crippen molar-refractivity contribution >= 4 is 11.8 Å². The summed E-state index contributed by atoms with van der Waals surface area (Å²) in [5.74, 6) is 0.814. The van der Waals surface area contributed by atoms with Crippen molar-refractivity contribution in [2.75, 3.05) is 40.3 Å². The molecule has 0 saturated carbocycles. The maximum absolute atomic E-state index is 12.3. The molecule has 0 atom stereocenters. The molecule has 2 rings (SSSR count). The third-order valence-electron chi connectivity index (χ3n) is 4.08. The van der Waals surface area contributed by atoms with Crippen molar-refractivity contribution in [3.05, 3.63) is 28.8 Å². The maximum Gasteiger partial charge on any atom is 0.242 e. The fourth-order valence-corrected chi connectivity index (χ4v) is 2.91. The number of carbonyl (C=O) groups is 2. The minimum atomic E-state index is -0.0497. The monoisotopic (exact) mass is 319 g/mol. The van der Waals surface area contributed by atoms with Crippen LogP contribution in [0.25, 0.3) is 0 Å². The smallest absolute Gasteiger partial charge is 0.242 e. The van der Waals surface area contributed by atoms with E-state index < -0.39 is 0 Å². The Labute approximate surface area is 137 Å². The van der Waals surface area contributed by atoms with E-state index in [1.165, 1.54) is 0 Å². The van der Waals surface area contributed by atoms with E-state index >= 15 is 0 Å². The van der Waals surface area contributed by atoms with E-state index in [2.05, 4.69) is 5.32 Å². The Morgan fingerprint density at radius 1 is 1.35 bits per heavy atom. The Kier molecular flexibility index (Phi) is 5.60. The number of amides is 2. The third kappa shape index (κ3) is 4.22. The SMILES string of the molecule is COc1c(C)cc(CN(C)C(=O)CN2CCNCC2=O)cc1C. The zero-order valence-corrected chi connectivity index (χ0v) is 14.3. The number of benzene rings is 1. The minimum Gasteiger partial charge on any atom is -0.496 e. The molecule has 0 unspecified atom stereocenters. The highest BCUT2D eigenvalue weighted by molar-refractivity contribution is 5.86. The molecule has 2 amide bonds. The molecule has 0 aliphatic carbocycles. The molecule has 0 spiro atoms. The topological polar surface area (TPSA) is 61.9 Å². The van der Waals surface area contributed by atoms with Gasteiger partial charge in [-0.1, -0.05) is 12.1 Å². The number of carbonyl (C=O) groups excluding carboxylic acids is 2. The molecule has 1 aliphatic heterocycles. The van der Waals surface area contributed by atoms with Gasteiger partial charge in [-0.2, -0.15) is 0 Å². The number of rotatable bonds is 5. The molecule has 0 bridgehead atoms. The van der Waals surface area contributed by atoms with Gasteiger partial charge >= 0.3 is 0 Å². The second kappa shape index (κ2) is 7.46. The van der Waals surface area contributed by atoms with Crippen LogP contribution in [0.2, 0.25) is 0 Å². The quantitative estimate of drug-likeness (QED) is 0.868. The first-order chi connectivity index (χ1) is 10.9. The summed E-state index contributed by atoms with van der Waals surface area (Å²) in [4.78, 5) is 27.4. The van der Waals surface area contributed by atoms with Crippen molar-refractivity contribution in [1.82, 2.24) is 15.1 Å². The number of aryl methyl sites for hydroxylation is 2. The van der Waals surface area contributed by atoms with E-state index in [0.717, 1.165) is 29.0 Å². The molecule has 6 heteroatoms. The lowest BCUT2D eigenvalue weighted by Gasteiger charge is -2.28. The van der Waals surface area contributed by atoms with Crippen molar-refractivity contribution in [1.29, 1.82) is 0 Å². The molecule has 0 radical (unpaired) electrons. The van der Waals surface area contributed by atoms with Crippen molar-refractivity contribution in [2.24, 2.45) is 0 Å². The summed E-state index contributed by atoms with van der Waals surface area (Å²) in [6.45, 7) is 6.29. The first kappa shape index (κ1) is 17.3. The first-order valence-electron chi connectivity index (χ1n) is 7.79. The number of hydrogen-bond acceptors (Lipinski definition) is 4. The molecular weight excluding hydrogens is 294 g/mol. The summed E-state index contributed by atoms with van der Waals surface area (Å²) >= 11 is 0. The Morgan fingerprint density at radius 3 is 2.57 bits per heavy atom. The summed E-state index contributed by atoms with van der Waals surface area (Å²) in [7, 11) is 3.43. The Bertz CT molecular complexity index is 578. The zero-order chi connectivity index (χ0) is 17.0. The van der Waals surface area contributed by atoms with E-state index in [1.54, 1.807) is 24.0 Å². The van der Waals surface area contributed by atoms with Gasteiger partial charge in [-0.15, -0.1) is 0 Å². The molecule has 1 aliphatic rings. The molecule has 1 aromatic carbocycles. The Balaban J connectivity index is 1.99. The van der Waals surface area contributed by atoms with Crippen LogP contribution in [0.3, 0.4) is 0 Å². The lowest BCUT2D eigenvalue weighted by Crippen LogP contribution is -2.51. The van der Waals surface area contributed by atoms with Crippen molar-refractivity contribution in [3.63, 3.8) is 0 Å². The first-order valence-corrected chi connectivity index (χ1v) is 7.79. The van der Waals surface area contributed by atoms with Gasteiger partial charge in [0, 0.05) is 26.7 Å². The molecule has 0 aromatic heterocycles. The minimum absolute atomic E-state index is 0.0193. The predicted octanol–water partition coefficient (Wildman–Crippen LogP) is 0.702. The van der Waals surface area contributed by atoms with Crippen LogP contribution in [-0.2, 0) is 16.1 Å². The van der Waals surface area contributed by atoms with Crippen LogP contribution in [0, 0.1) is 13.8 Å². The van der Waals surface area contributed by atoms with Gasteiger partial charge in [0.25, 0.3) is 0 Å². The van der Waals surface area contributed by atoms with Gasteiger partial charge in [-0.25, -0.2) is 0 Å². The Hall–Kier alpha value is -2.08. The van der Waals surface area contributed by atoms with E-state index in [4.69, 9.17) is 4.74 Å². The van der Waals surface area contributed by atoms with Gasteiger partial charge in [0.15, 0.2) is 0 Å². The van der Waals surface area contributed by atoms with Crippen LogP contribution >= 0.6 is 0 Å². The highest BCUT2D eigenvalue weighted by atomic mass is 16.5. The summed E-state index contributed by atoms with van der Waals surface area (Å²) in [6.07, 6.45) is 0. The summed E-state index contributed by atoms with van der Waals surface area (Å²) in [5.41, 5.74) is 3.17. The average molecular weight is 319 g/mol. The Morgan fingerprint density at radius 2 is 2.00 bits per heavy atom. The van der Waals surface area contributed by atoms with Crippen LogP contribution in [0.1, 0.15) is 16.7 Å². The lowest BCUT2D eigenvalue weighted by molar-refractivity contribution is -0.140. The number of nitrogens with zero attached hydrogens (tertiary/aromatic N) is 2. The number of nitrogens with one attached hydrogen (secondary N) is 1. The van der Waals surface area contributed by atoms with E-state index in [9.17, 15) is 9.59 Å². The predicted molar refractivity (Wildman–Crippen MR) is 88.4 cm³/mol. The van der Waals surface area contributed by atoms with Gasteiger partial charge in [0.1, 0.15) is 5.75 Å². The van der Waals surface area contributed by atoms with Gasteiger partial charge in [-0.05, 0) is 30.5 Å². The van der Waals surface area contributed by atoms with Gasteiger partial charge < -0.3 is 19.9 Å². The standard InChI is InChI=1S/C17H25N3O3/c1-12-7-14(8-13(2)17(12)23-4)10-19(3)16(22)11-20-6-5-18-9-15(20)21/h7-8,18H,5-6,9-11H2,1-4H3. The lowest BCUT2D eigenvalue weighted by atomic mass is 10.1. The number of ether oxygens (including phenoxy) is 1. The van der Waals surface area contributed by atoms with Crippen LogP contribution in [-0.4, -0.2) is 62.0 Å². The molecule has 1 aromatic rings. The number of hydrogen-bond donors (Lipinski definition) is 1. The molecule has 6 nitrogen and oxygen atoms in total. The third-order valence-corrected chi connectivity index (χ3v) is 4.08. The molecule has 1 saturated heterocycles. The number of likely N-dealkylation sites (N-methyl/N-ethyl adjacent to an activating group) is 1. The van der Waals surface area contributed by atoms with Gasteiger partial charge in [0.2, 0.25) is 11.8 Å². The highest BCUT2D eigenvalue weighted by Gasteiger charge is 2.22. The summed E-state index contributed by atoms with van der Waals surface area (Å²) in [5, 5.41) is 3.00. The number of piperazine rings is 1. The molecule has 126 valence electrons. The maximum atomic E-state index is 12.3. The second-order valence-corrected chi connectivity index (χ2v) is 6.00. The summed E-state index contributed by atoms with van der Waals surface area (Å²) < 4.78 is 5.36. The van der Waals surface area contributed by atoms with E-state index in [0.29, 0.717) is 19.6 Å². The molecule has 23 heavy (non-hydrogen) atoms. The summed E-state index contributed by atoms with van der Waals surface area (Å²) in [6, 6.07) is 4.07. The van der Waals surface area contributed by atoms with E-state index in [1.807, 2.05) is 26.0 Å². The average Bonchev–Trinajstić information content (AvgIpc) is 2.49. The van der Waals surface area contributed by atoms with Gasteiger partial charge in [0.05, 0.1) is 20.2 Å². The van der Waals surface area contributed by atoms with Crippen molar-refractivity contribution in [3.8, 4) is 5.75 Å². The molecular formula is C17H25N3O3. The van der Waals surface area contributed by atoms with Crippen LogP contribution in [0.5, 0.6) is 5.75 Å². The highest BCUT2D eigenvalue weighted by Crippen LogP contribution is 2.24. The zero-order valence-electron chi connectivity index (χ0n) is 14.3. The fourth-order valence-electron chi connectivity index (χ4n) is 2.91. The van der Waals surface area contributed by atoms with Crippen LogP contribution < -0.4 is 10.1 Å². The van der Waals surface area contributed by atoms with Crippen molar-refractivity contribution < 1.29 is 14.3 Å². The molecule has 1 fully saturated rings. The molecule has 1 heterocycles. The molecule has 1 N–H and O–H groups in total.